The Morgan fingerprint density at radius 2 is 1.88 bits per heavy atom. The van der Waals surface area contributed by atoms with E-state index in [2.05, 4.69) is 48.5 Å². The summed E-state index contributed by atoms with van der Waals surface area (Å²) in [4.78, 5) is 4.58. The summed E-state index contributed by atoms with van der Waals surface area (Å²) in [5, 5.41) is 10.8. The molecule has 0 bridgehead atoms. The fourth-order valence-corrected chi connectivity index (χ4v) is 2.53. The van der Waals surface area contributed by atoms with Crippen LogP contribution in [-0.4, -0.2) is 37.4 Å². The van der Waals surface area contributed by atoms with Crippen molar-refractivity contribution >= 4 is 29.9 Å². The van der Waals surface area contributed by atoms with Gasteiger partial charge in [-0.2, -0.15) is 0 Å². The molecule has 0 saturated carbocycles. The molecule has 1 aromatic heterocycles. The van der Waals surface area contributed by atoms with Crippen LogP contribution in [0, 0.1) is 0 Å². The molecule has 0 radical (unpaired) electrons. The van der Waals surface area contributed by atoms with Crippen LogP contribution in [0.4, 0.5) is 0 Å². The van der Waals surface area contributed by atoms with Gasteiger partial charge in [0.15, 0.2) is 11.7 Å². The fourth-order valence-electron chi connectivity index (χ4n) is 2.53. The van der Waals surface area contributed by atoms with Gasteiger partial charge in [0.05, 0.1) is 5.69 Å². The Morgan fingerprint density at radius 1 is 1.15 bits per heavy atom. The Morgan fingerprint density at radius 3 is 2.54 bits per heavy atom. The first kappa shape index (κ1) is 25.2. The third kappa shape index (κ3) is 10.4. The molecular weight excluding hydrogens is 443 g/mol. The van der Waals surface area contributed by atoms with Crippen molar-refractivity contribution in [2.24, 2.45) is 4.99 Å². The molecule has 152 valence electrons. The lowest BCUT2D eigenvalue weighted by Crippen LogP contribution is -2.38. The molecular formula is C19H37IN4O2. The highest BCUT2D eigenvalue weighted by atomic mass is 127. The second kappa shape index (κ2) is 16.4. The van der Waals surface area contributed by atoms with Crippen LogP contribution in [0.25, 0.3) is 0 Å². The maximum atomic E-state index is 5.57. The van der Waals surface area contributed by atoms with Gasteiger partial charge in [0.1, 0.15) is 6.54 Å². The molecule has 1 aromatic rings. The minimum Gasteiger partial charge on any atom is -0.381 e. The van der Waals surface area contributed by atoms with Crippen molar-refractivity contribution in [3.8, 4) is 0 Å². The van der Waals surface area contributed by atoms with Gasteiger partial charge in [-0.1, -0.05) is 32.3 Å². The van der Waals surface area contributed by atoms with Gasteiger partial charge in [-0.25, -0.2) is 4.99 Å². The smallest absolute Gasteiger partial charge is 0.191 e. The van der Waals surface area contributed by atoms with Gasteiger partial charge in [0.2, 0.25) is 0 Å². The number of halogens is 1. The number of hydrogen-bond donors (Lipinski definition) is 2. The molecule has 0 spiro atoms. The predicted molar refractivity (Wildman–Crippen MR) is 118 cm³/mol. The van der Waals surface area contributed by atoms with Crippen LogP contribution in [0.15, 0.2) is 15.6 Å². The van der Waals surface area contributed by atoms with Crippen LogP contribution >= 0.6 is 24.0 Å². The van der Waals surface area contributed by atoms with Crippen molar-refractivity contribution in [3.63, 3.8) is 0 Å². The maximum Gasteiger partial charge on any atom is 0.191 e. The zero-order valence-corrected chi connectivity index (χ0v) is 19.2. The first-order valence-corrected chi connectivity index (χ1v) is 9.80. The van der Waals surface area contributed by atoms with E-state index in [-0.39, 0.29) is 24.0 Å². The molecule has 0 atom stereocenters. The summed E-state index contributed by atoms with van der Waals surface area (Å²) in [6, 6.07) is 2.03. The molecule has 2 N–H and O–H groups in total. The SMILES string of the molecule is CCCCOCCCNC(=NCc1cc(C(CC)CC)no1)NCC.I. The van der Waals surface area contributed by atoms with Crippen molar-refractivity contribution in [2.75, 3.05) is 26.3 Å². The van der Waals surface area contributed by atoms with E-state index in [9.17, 15) is 0 Å². The Labute approximate surface area is 175 Å². The highest BCUT2D eigenvalue weighted by Gasteiger charge is 2.12. The van der Waals surface area contributed by atoms with Crippen molar-refractivity contribution in [3.05, 3.63) is 17.5 Å². The first-order chi connectivity index (χ1) is 12.2. The maximum absolute atomic E-state index is 5.57. The highest BCUT2D eigenvalue weighted by molar-refractivity contribution is 14.0. The van der Waals surface area contributed by atoms with E-state index < -0.39 is 0 Å². The molecule has 6 nitrogen and oxygen atoms in total. The van der Waals surface area contributed by atoms with Crippen LogP contribution in [0.5, 0.6) is 0 Å². The number of rotatable bonds is 13. The third-order valence-electron chi connectivity index (χ3n) is 4.12. The number of aromatic nitrogens is 1. The summed E-state index contributed by atoms with van der Waals surface area (Å²) in [6.07, 6.45) is 5.44. The van der Waals surface area contributed by atoms with Crippen LogP contribution in [-0.2, 0) is 11.3 Å². The molecule has 0 unspecified atom stereocenters. The summed E-state index contributed by atoms with van der Waals surface area (Å²) in [7, 11) is 0. The summed E-state index contributed by atoms with van der Waals surface area (Å²) in [6.45, 7) is 12.4. The van der Waals surface area contributed by atoms with Crippen LogP contribution < -0.4 is 10.6 Å². The highest BCUT2D eigenvalue weighted by Crippen LogP contribution is 2.22. The Bertz CT molecular complexity index is 476. The summed E-state index contributed by atoms with van der Waals surface area (Å²) >= 11 is 0. The van der Waals surface area contributed by atoms with E-state index in [1.165, 1.54) is 6.42 Å². The molecule has 0 aromatic carbocycles. The van der Waals surface area contributed by atoms with E-state index in [0.717, 1.165) is 69.4 Å². The standard InChI is InChI=1S/C19H36N4O2.HI/c1-5-9-12-24-13-10-11-21-19(20-8-4)22-15-17-14-18(23-25-17)16(6-2)7-3;/h14,16H,5-13,15H2,1-4H3,(H2,20,21,22);1H. The Kier molecular flexibility index (Phi) is 15.8. The zero-order valence-electron chi connectivity index (χ0n) is 16.8. The molecule has 0 fully saturated rings. The number of guanidine groups is 1. The third-order valence-corrected chi connectivity index (χ3v) is 4.12. The number of hydrogen-bond acceptors (Lipinski definition) is 4. The number of nitrogens with one attached hydrogen (secondary N) is 2. The fraction of sp³-hybridized carbons (Fsp3) is 0.789. The predicted octanol–water partition coefficient (Wildman–Crippen LogP) is 4.46. The quantitative estimate of drug-likeness (QED) is 0.189. The molecule has 7 heteroatoms. The molecule has 0 aliphatic rings. The lowest BCUT2D eigenvalue weighted by atomic mass is 9.99. The molecule has 1 heterocycles. The van der Waals surface area contributed by atoms with Crippen LogP contribution in [0.1, 0.15) is 77.2 Å². The summed E-state index contributed by atoms with van der Waals surface area (Å²) in [5.74, 6) is 2.08. The van der Waals surface area contributed by atoms with Crippen LogP contribution in [0.2, 0.25) is 0 Å². The molecule has 0 aliphatic heterocycles. The second-order valence-electron chi connectivity index (χ2n) is 6.17. The molecule has 26 heavy (non-hydrogen) atoms. The zero-order chi connectivity index (χ0) is 18.3. The van der Waals surface area contributed by atoms with Crippen molar-refractivity contribution in [1.29, 1.82) is 0 Å². The van der Waals surface area contributed by atoms with Gasteiger partial charge in [0, 0.05) is 38.3 Å². The van der Waals surface area contributed by atoms with Gasteiger partial charge in [-0.15, -0.1) is 24.0 Å². The average molecular weight is 480 g/mol. The Balaban J connectivity index is 0.00000625. The van der Waals surface area contributed by atoms with Gasteiger partial charge in [-0.05, 0) is 32.6 Å². The summed E-state index contributed by atoms with van der Waals surface area (Å²) in [5.41, 5.74) is 1.04. The normalized spacial score (nSPS) is 11.5. The molecule has 0 amide bonds. The van der Waals surface area contributed by atoms with E-state index >= 15 is 0 Å². The largest absolute Gasteiger partial charge is 0.381 e. The van der Waals surface area contributed by atoms with Crippen molar-refractivity contribution < 1.29 is 9.26 Å². The Hall–Kier alpha value is -0.830. The molecule has 1 rings (SSSR count). The number of ether oxygens (including phenoxy) is 1. The first-order valence-electron chi connectivity index (χ1n) is 9.80. The minimum absolute atomic E-state index is 0. The van der Waals surface area contributed by atoms with Gasteiger partial charge in [-0.3, -0.25) is 0 Å². The number of unbranched alkanes of at least 4 members (excludes halogenated alkanes) is 1. The topological polar surface area (TPSA) is 71.7 Å². The number of nitrogens with zero attached hydrogens (tertiary/aromatic N) is 2. The van der Waals surface area contributed by atoms with Gasteiger partial charge in [0.25, 0.3) is 0 Å². The van der Waals surface area contributed by atoms with E-state index in [1.54, 1.807) is 0 Å². The lowest BCUT2D eigenvalue weighted by molar-refractivity contribution is 0.129. The van der Waals surface area contributed by atoms with Gasteiger partial charge >= 0.3 is 0 Å². The molecule has 0 aliphatic carbocycles. The number of aliphatic imine (C=N–C) groups is 1. The lowest BCUT2D eigenvalue weighted by Gasteiger charge is -2.11. The van der Waals surface area contributed by atoms with E-state index in [4.69, 9.17) is 9.26 Å². The van der Waals surface area contributed by atoms with Crippen LogP contribution in [0.3, 0.4) is 0 Å². The molecule has 0 saturated heterocycles. The monoisotopic (exact) mass is 480 g/mol. The van der Waals surface area contributed by atoms with Crippen molar-refractivity contribution in [2.45, 2.75) is 72.3 Å². The minimum atomic E-state index is 0. The van der Waals surface area contributed by atoms with Gasteiger partial charge < -0.3 is 19.9 Å². The second-order valence-corrected chi connectivity index (χ2v) is 6.17. The van der Waals surface area contributed by atoms with E-state index in [0.29, 0.717) is 12.5 Å². The van der Waals surface area contributed by atoms with E-state index in [1.807, 2.05) is 6.07 Å². The summed E-state index contributed by atoms with van der Waals surface area (Å²) < 4.78 is 11.0. The van der Waals surface area contributed by atoms with Crippen molar-refractivity contribution in [1.82, 2.24) is 15.8 Å². The average Bonchev–Trinajstić information content (AvgIpc) is 3.08.